The Morgan fingerprint density at radius 3 is 2.31 bits per heavy atom. The van der Waals surface area contributed by atoms with Gasteiger partial charge in [-0.25, -0.2) is 0 Å². The van der Waals surface area contributed by atoms with Crippen LogP contribution in [0.2, 0.25) is 10.0 Å². The first-order chi connectivity index (χ1) is 13.4. The van der Waals surface area contributed by atoms with Crippen LogP contribution in [0, 0.1) is 0 Å². The third kappa shape index (κ3) is 3.65. The molecule has 0 saturated heterocycles. The predicted octanol–water partition coefficient (Wildman–Crippen LogP) is 1.54. The van der Waals surface area contributed by atoms with E-state index in [1.807, 2.05) is 0 Å². The van der Waals surface area contributed by atoms with E-state index >= 15 is 0 Å². The van der Waals surface area contributed by atoms with Gasteiger partial charge in [0.1, 0.15) is 7.85 Å². The lowest BCUT2D eigenvalue weighted by Gasteiger charge is -2.27. The zero-order chi connectivity index (χ0) is 21.6. The number of hydrogen-bond acceptors (Lipinski definition) is 6. The van der Waals surface area contributed by atoms with Crippen molar-refractivity contribution in [1.29, 1.82) is 0 Å². The van der Waals surface area contributed by atoms with Crippen molar-refractivity contribution in [3.05, 3.63) is 81.3 Å². The fourth-order valence-corrected chi connectivity index (χ4v) is 4.10. The minimum atomic E-state index is -4.80. The van der Waals surface area contributed by atoms with E-state index in [9.17, 15) is 13.2 Å². The van der Waals surface area contributed by atoms with E-state index in [4.69, 9.17) is 61.4 Å². The number of Topliss-reactive ketones (excluding diaryl/α,β-unsaturated/α-hetero) is 1. The van der Waals surface area contributed by atoms with Crippen molar-refractivity contribution >= 4 is 62.6 Å². The monoisotopic (exact) mass is 443 g/mol. The van der Waals surface area contributed by atoms with Crippen LogP contribution >= 0.6 is 23.2 Å². The molecule has 0 aliphatic carbocycles. The van der Waals surface area contributed by atoms with Gasteiger partial charge in [0.15, 0.2) is 5.50 Å². The molecule has 0 amide bonds. The summed E-state index contributed by atoms with van der Waals surface area (Å²) in [4.78, 5) is 12.9. The minimum Gasteiger partial charge on any atom is -0.467 e. The second-order valence-electron chi connectivity index (χ2n) is 6.18. The molecule has 3 rings (SSSR count). The fourth-order valence-electron chi connectivity index (χ4n) is 2.62. The lowest BCUT2D eigenvalue weighted by molar-refractivity contribution is -0.126. The Labute approximate surface area is 181 Å². The molecule has 0 saturated carbocycles. The molecule has 0 fully saturated rings. The predicted molar refractivity (Wildman–Crippen MR) is 111 cm³/mol. The summed E-state index contributed by atoms with van der Waals surface area (Å²) in [6, 6.07) is 11.6. The van der Waals surface area contributed by atoms with Gasteiger partial charge in [-0.05, 0) is 17.7 Å². The highest BCUT2D eigenvalue weighted by Gasteiger charge is 2.51. The second-order valence-corrected chi connectivity index (χ2v) is 8.78. The van der Waals surface area contributed by atoms with Crippen molar-refractivity contribution in [2.45, 2.75) is 10.0 Å². The van der Waals surface area contributed by atoms with Crippen molar-refractivity contribution in [2.24, 2.45) is 5.73 Å². The van der Waals surface area contributed by atoms with Gasteiger partial charge in [-0.2, -0.15) is 8.42 Å². The first-order valence-electron chi connectivity index (χ1n) is 7.95. The van der Waals surface area contributed by atoms with E-state index in [-0.39, 0.29) is 21.2 Å². The molecule has 0 spiro atoms. The van der Waals surface area contributed by atoms with E-state index in [1.54, 1.807) is 6.07 Å². The van der Waals surface area contributed by atoms with Crippen LogP contribution in [-0.4, -0.2) is 37.7 Å². The van der Waals surface area contributed by atoms with Crippen LogP contribution in [0.3, 0.4) is 0 Å². The van der Waals surface area contributed by atoms with Gasteiger partial charge in [-0.15, -0.1) is 0 Å². The number of benzene rings is 2. The van der Waals surface area contributed by atoms with Crippen LogP contribution in [0.15, 0.2) is 60.2 Å². The SMILES string of the molecule is [B]C([B])(c1ccccc1)S(=O)(=O)OC1=C(N)O[C@@]([B])(c2ccc(Cl)cc2Cl)C1=O. The molecule has 29 heavy (non-hydrogen) atoms. The maximum Gasteiger partial charge on any atom is 0.302 e. The molecule has 0 bridgehead atoms. The van der Waals surface area contributed by atoms with Gasteiger partial charge in [0, 0.05) is 15.6 Å². The third-order valence-corrected chi connectivity index (χ3v) is 6.20. The van der Waals surface area contributed by atoms with Crippen LogP contribution in [-0.2, 0) is 33.9 Å². The molecule has 142 valence electrons. The molecule has 2 aromatic carbocycles. The lowest BCUT2D eigenvalue weighted by Crippen LogP contribution is -2.40. The zero-order valence-corrected chi connectivity index (χ0v) is 17.0. The number of nitrogens with two attached hydrogens (primary N) is 1. The summed E-state index contributed by atoms with van der Waals surface area (Å²) in [6.45, 7) is 0. The van der Waals surface area contributed by atoms with Crippen molar-refractivity contribution in [2.75, 3.05) is 0 Å². The van der Waals surface area contributed by atoms with Gasteiger partial charge in [0.2, 0.25) is 17.4 Å². The quantitative estimate of drug-likeness (QED) is 0.556. The third-order valence-electron chi connectivity index (χ3n) is 4.20. The van der Waals surface area contributed by atoms with Crippen LogP contribution in [0.5, 0.6) is 0 Å². The standard InChI is InChI=1S/C17H10B3Cl2NO5S/c18-16(11-7-6-10(21)8-12(11)22)14(24)13(15(23)27-16)28-29(25,26)17(19,20)9-4-2-1-3-5-9/h1-8H,23H2/t16-/m0/s1. The van der Waals surface area contributed by atoms with Crippen molar-refractivity contribution in [3.63, 3.8) is 0 Å². The highest BCUT2D eigenvalue weighted by atomic mass is 35.5. The summed E-state index contributed by atoms with van der Waals surface area (Å²) >= 11 is 11.9. The molecule has 2 N–H and O–H groups in total. The number of ketones is 1. The zero-order valence-electron chi connectivity index (χ0n) is 14.6. The average Bonchev–Trinajstić information content (AvgIpc) is 2.85. The van der Waals surface area contributed by atoms with Gasteiger partial charge in [-0.3, -0.25) is 4.79 Å². The molecule has 1 heterocycles. The molecule has 1 atom stereocenters. The number of halogens is 2. The van der Waals surface area contributed by atoms with Crippen LogP contribution in [0.25, 0.3) is 0 Å². The Morgan fingerprint density at radius 2 is 1.72 bits per heavy atom. The van der Waals surface area contributed by atoms with Gasteiger partial charge < -0.3 is 14.7 Å². The number of carbonyl (C=O) groups is 1. The summed E-state index contributed by atoms with van der Waals surface area (Å²) in [5.41, 5.74) is 3.46. The lowest BCUT2D eigenvalue weighted by atomic mass is 9.65. The molecule has 2 aromatic rings. The number of rotatable bonds is 5. The fraction of sp³-hybridized carbons (Fsp3) is 0.118. The number of carbonyl (C=O) groups excluding carboxylic acids is 1. The van der Waals surface area contributed by atoms with Gasteiger partial charge in [-0.1, -0.05) is 59.6 Å². The van der Waals surface area contributed by atoms with Crippen molar-refractivity contribution in [3.8, 4) is 0 Å². The van der Waals surface area contributed by atoms with Crippen LogP contribution in [0.1, 0.15) is 11.1 Å². The molecular formula is C17H10B3Cl2NO5S. The van der Waals surface area contributed by atoms with E-state index in [0.29, 0.717) is 0 Å². The first kappa shape index (κ1) is 21.7. The molecule has 12 heteroatoms. The van der Waals surface area contributed by atoms with E-state index in [1.165, 1.54) is 42.5 Å². The topological polar surface area (TPSA) is 95.7 Å². The van der Waals surface area contributed by atoms with Crippen molar-refractivity contribution in [1.82, 2.24) is 0 Å². The average molecular weight is 444 g/mol. The van der Waals surface area contributed by atoms with Gasteiger partial charge in [0.25, 0.3) is 0 Å². The molecule has 0 aromatic heterocycles. The Balaban J connectivity index is 1.96. The Bertz CT molecular complexity index is 1130. The summed E-state index contributed by atoms with van der Waals surface area (Å²) in [7, 11) is 12.8. The molecule has 1 aliphatic heterocycles. The summed E-state index contributed by atoms with van der Waals surface area (Å²) < 4.78 is 33.0. The maximum absolute atomic E-state index is 12.9. The van der Waals surface area contributed by atoms with Gasteiger partial charge in [0.05, 0.1) is 20.2 Å². The molecule has 0 unspecified atom stereocenters. The van der Waals surface area contributed by atoms with Crippen molar-refractivity contribution < 1.29 is 22.1 Å². The van der Waals surface area contributed by atoms with E-state index in [2.05, 4.69) is 0 Å². The Morgan fingerprint density at radius 1 is 1.10 bits per heavy atom. The molecular weight excluding hydrogens is 434 g/mol. The highest BCUT2D eigenvalue weighted by Crippen LogP contribution is 2.40. The van der Waals surface area contributed by atoms with Crippen LogP contribution in [0.4, 0.5) is 0 Å². The van der Waals surface area contributed by atoms with Crippen LogP contribution < -0.4 is 5.73 Å². The summed E-state index contributed by atoms with van der Waals surface area (Å²) in [5.74, 6) is -2.63. The normalized spacial score (nSPS) is 19.9. The summed E-state index contributed by atoms with van der Waals surface area (Å²) in [5, 5.41) is 0.285. The molecule has 6 nitrogen and oxygen atoms in total. The second kappa shape index (κ2) is 7.34. The Hall–Kier alpha value is -2.03. The largest absolute Gasteiger partial charge is 0.467 e. The first-order valence-corrected chi connectivity index (χ1v) is 10.1. The number of ether oxygens (including phenoxy) is 1. The van der Waals surface area contributed by atoms with E-state index in [0.717, 1.165) is 0 Å². The smallest absolute Gasteiger partial charge is 0.302 e. The minimum absolute atomic E-state index is 0.00143. The highest BCUT2D eigenvalue weighted by molar-refractivity contribution is 7.90. The maximum atomic E-state index is 12.9. The molecule has 6 radical (unpaired) electrons. The van der Waals surface area contributed by atoms with E-state index < -0.39 is 37.6 Å². The van der Waals surface area contributed by atoms with Gasteiger partial charge >= 0.3 is 10.1 Å². The Kier molecular flexibility index (Phi) is 5.49. The number of hydrogen-bond donors (Lipinski definition) is 1. The molecule has 1 aliphatic rings. The summed E-state index contributed by atoms with van der Waals surface area (Å²) in [6.07, 6.45) is 0.